The Morgan fingerprint density at radius 1 is 0.870 bits per heavy atom. The molecule has 0 N–H and O–H groups in total. The number of benzene rings is 2. The molecular formula is C22H27N. The molecular weight excluding hydrogens is 278 g/mol. The summed E-state index contributed by atoms with van der Waals surface area (Å²) in [5, 5.41) is 8.76. The first-order chi connectivity index (χ1) is 11.2. The van der Waals surface area contributed by atoms with Crippen molar-refractivity contribution in [2.24, 2.45) is 0 Å². The Kier molecular flexibility index (Phi) is 6.88. The fourth-order valence-electron chi connectivity index (χ4n) is 3.05. The molecule has 0 aromatic heterocycles. The lowest BCUT2D eigenvalue weighted by molar-refractivity contribution is 0.532. The van der Waals surface area contributed by atoms with Gasteiger partial charge in [0, 0.05) is 6.42 Å². The third-order valence-electron chi connectivity index (χ3n) is 4.51. The molecule has 1 atom stereocenters. The summed E-state index contributed by atoms with van der Waals surface area (Å²) in [6, 6.07) is 20.0. The molecule has 2 rings (SSSR count). The summed E-state index contributed by atoms with van der Waals surface area (Å²) in [4.78, 5) is 0. The average Bonchev–Trinajstić information content (AvgIpc) is 2.59. The van der Waals surface area contributed by atoms with Gasteiger partial charge in [0.2, 0.25) is 0 Å². The van der Waals surface area contributed by atoms with Crippen LogP contribution in [0.3, 0.4) is 0 Å². The highest BCUT2D eigenvalue weighted by Crippen LogP contribution is 2.29. The minimum absolute atomic E-state index is 0.593. The fraction of sp³-hybridized carbons (Fsp3) is 0.409. The van der Waals surface area contributed by atoms with Crippen molar-refractivity contribution in [2.75, 3.05) is 0 Å². The Balaban J connectivity index is 2.10. The van der Waals surface area contributed by atoms with E-state index in [0.717, 1.165) is 12.8 Å². The van der Waals surface area contributed by atoms with E-state index in [1.54, 1.807) is 0 Å². The Morgan fingerprint density at radius 2 is 1.43 bits per heavy atom. The molecule has 0 amide bonds. The van der Waals surface area contributed by atoms with Gasteiger partial charge in [-0.1, -0.05) is 73.9 Å². The van der Waals surface area contributed by atoms with Crippen molar-refractivity contribution in [3.63, 3.8) is 0 Å². The molecule has 0 aliphatic carbocycles. The lowest BCUT2D eigenvalue weighted by Gasteiger charge is -2.17. The van der Waals surface area contributed by atoms with Gasteiger partial charge in [-0.3, -0.25) is 0 Å². The molecule has 0 heterocycles. The predicted octanol–water partition coefficient (Wildman–Crippen LogP) is 6.63. The van der Waals surface area contributed by atoms with Crippen LogP contribution in [-0.2, 0) is 0 Å². The summed E-state index contributed by atoms with van der Waals surface area (Å²) in [6.45, 7) is 4.36. The zero-order valence-corrected chi connectivity index (χ0v) is 14.4. The zero-order valence-electron chi connectivity index (χ0n) is 14.4. The van der Waals surface area contributed by atoms with Gasteiger partial charge in [0.05, 0.1) is 6.07 Å². The van der Waals surface area contributed by atoms with Crippen LogP contribution in [0.4, 0.5) is 0 Å². The van der Waals surface area contributed by atoms with Gasteiger partial charge in [-0.15, -0.1) is 0 Å². The van der Waals surface area contributed by atoms with Gasteiger partial charge in [0.25, 0.3) is 0 Å². The van der Waals surface area contributed by atoms with Gasteiger partial charge >= 0.3 is 0 Å². The van der Waals surface area contributed by atoms with Gasteiger partial charge in [-0.05, 0) is 48.8 Å². The summed E-state index contributed by atoms with van der Waals surface area (Å²) >= 11 is 0. The second-order valence-electron chi connectivity index (χ2n) is 6.38. The molecule has 23 heavy (non-hydrogen) atoms. The van der Waals surface area contributed by atoms with E-state index in [9.17, 15) is 0 Å². The molecule has 0 saturated carbocycles. The molecule has 0 aliphatic heterocycles. The van der Waals surface area contributed by atoms with Gasteiger partial charge < -0.3 is 0 Å². The first kappa shape index (κ1) is 17.3. The van der Waals surface area contributed by atoms with Gasteiger partial charge in [0.1, 0.15) is 0 Å². The molecule has 0 saturated heterocycles. The molecule has 0 radical (unpaired) electrons. The standard InChI is InChI=1S/C22H27N/c1-3-4-7-19(8-5-6-17-23)21-13-15-22(16-14-21)20-11-9-18(2)10-12-20/h9-16,19H,3-8H2,1-2H3. The summed E-state index contributed by atoms with van der Waals surface area (Å²) in [6.07, 6.45) is 6.52. The van der Waals surface area contributed by atoms with E-state index >= 15 is 0 Å². The monoisotopic (exact) mass is 305 g/mol. The van der Waals surface area contributed by atoms with Crippen LogP contribution in [0.2, 0.25) is 0 Å². The second kappa shape index (κ2) is 9.16. The lowest BCUT2D eigenvalue weighted by atomic mass is 9.88. The van der Waals surface area contributed by atoms with E-state index < -0.39 is 0 Å². The van der Waals surface area contributed by atoms with Crippen molar-refractivity contribution < 1.29 is 0 Å². The lowest BCUT2D eigenvalue weighted by Crippen LogP contribution is -1.99. The fourth-order valence-corrected chi connectivity index (χ4v) is 3.05. The summed E-state index contributed by atoms with van der Waals surface area (Å²) in [7, 11) is 0. The zero-order chi connectivity index (χ0) is 16.5. The number of hydrogen-bond acceptors (Lipinski definition) is 1. The third-order valence-corrected chi connectivity index (χ3v) is 4.51. The number of nitriles is 1. The first-order valence-electron chi connectivity index (χ1n) is 8.78. The number of aryl methyl sites for hydroxylation is 1. The first-order valence-corrected chi connectivity index (χ1v) is 8.78. The maximum atomic E-state index is 8.76. The van der Waals surface area contributed by atoms with E-state index in [-0.39, 0.29) is 0 Å². The smallest absolute Gasteiger partial charge is 0.0621 e. The Bertz CT molecular complexity index is 617. The van der Waals surface area contributed by atoms with Crippen LogP contribution >= 0.6 is 0 Å². The van der Waals surface area contributed by atoms with E-state index in [1.165, 1.54) is 41.5 Å². The van der Waals surface area contributed by atoms with Crippen LogP contribution in [-0.4, -0.2) is 0 Å². The highest BCUT2D eigenvalue weighted by atomic mass is 14.2. The second-order valence-corrected chi connectivity index (χ2v) is 6.38. The molecule has 0 aliphatic rings. The van der Waals surface area contributed by atoms with Crippen LogP contribution in [0.5, 0.6) is 0 Å². The molecule has 1 nitrogen and oxygen atoms in total. The number of hydrogen-bond donors (Lipinski definition) is 0. The van der Waals surface area contributed by atoms with Crippen molar-refractivity contribution in [3.05, 3.63) is 59.7 Å². The van der Waals surface area contributed by atoms with Crippen molar-refractivity contribution in [1.29, 1.82) is 5.26 Å². The van der Waals surface area contributed by atoms with Crippen molar-refractivity contribution in [2.45, 2.75) is 58.3 Å². The Hall–Kier alpha value is -2.07. The largest absolute Gasteiger partial charge is 0.198 e. The molecule has 0 spiro atoms. The van der Waals surface area contributed by atoms with Crippen molar-refractivity contribution >= 4 is 0 Å². The number of rotatable bonds is 8. The van der Waals surface area contributed by atoms with Gasteiger partial charge in [-0.2, -0.15) is 5.26 Å². The Labute approximate surface area is 141 Å². The van der Waals surface area contributed by atoms with Crippen LogP contribution in [0, 0.1) is 18.3 Å². The van der Waals surface area contributed by atoms with Gasteiger partial charge in [-0.25, -0.2) is 0 Å². The highest BCUT2D eigenvalue weighted by molar-refractivity contribution is 5.64. The molecule has 1 heteroatoms. The number of unbranched alkanes of at least 4 members (excludes halogenated alkanes) is 2. The van der Waals surface area contributed by atoms with E-state index in [1.807, 2.05) is 0 Å². The minimum Gasteiger partial charge on any atom is -0.198 e. The summed E-state index contributed by atoms with van der Waals surface area (Å²) in [5.74, 6) is 0.593. The molecule has 0 bridgehead atoms. The maximum absolute atomic E-state index is 8.76. The normalized spacial score (nSPS) is 11.9. The maximum Gasteiger partial charge on any atom is 0.0621 e. The molecule has 1 unspecified atom stereocenters. The van der Waals surface area contributed by atoms with Crippen LogP contribution in [0.1, 0.15) is 62.5 Å². The van der Waals surface area contributed by atoms with Crippen LogP contribution in [0.25, 0.3) is 11.1 Å². The van der Waals surface area contributed by atoms with Crippen molar-refractivity contribution in [3.8, 4) is 17.2 Å². The van der Waals surface area contributed by atoms with Crippen LogP contribution < -0.4 is 0 Å². The van der Waals surface area contributed by atoms with Gasteiger partial charge in [0.15, 0.2) is 0 Å². The summed E-state index contributed by atoms with van der Waals surface area (Å²) in [5.41, 5.74) is 5.27. The molecule has 2 aromatic rings. The predicted molar refractivity (Wildman–Crippen MR) is 98.3 cm³/mol. The number of nitrogens with zero attached hydrogens (tertiary/aromatic N) is 1. The van der Waals surface area contributed by atoms with E-state index in [0.29, 0.717) is 12.3 Å². The molecule has 120 valence electrons. The highest BCUT2D eigenvalue weighted by Gasteiger charge is 2.11. The SMILES string of the molecule is CCCCC(CCCC#N)c1ccc(-c2ccc(C)cc2)cc1. The average molecular weight is 305 g/mol. The summed E-state index contributed by atoms with van der Waals surface area (Å²) < 4.78 is 0. The van der Waals surface area contributed by atoms with E-state index in [4.69, 9.17) is 5.26 Å². The quantitative estimate of drug-likeness (QED) is 0.502. The topological polar surface area (TPSA) is 23.8 Å². The van der Waals surface area contributed by atoms with Crippen molar-refractivity contribution in [1.82, 2.24) is 0 Å². The third kappa shape index (κ3) is 5.25. The minimum atomic E-state index is 0.593. The van der Waals surface area contributed by atoms with E-state index in [2.05, 4.69) is 68.4 Å². The molecule has 2 aromatic carbocycles. The van der Waals surface area contributed by atoms with Crippen LogP contribution in [0.15, 0.2) is 48.5 Å². The molecule has 0 fully saturated rings. The Morgan fingerprint density at radius 3 is 2.00 bits per heavy atom.